The average Bonchev–Trinajstić information content (AvgIpc) is 2.41. The summed E-state index contributed by atoms with van der Waals surface area (Å²) in [5.41, 5.74) is 1.36. The fourth-order valence-electron chi connectivity index (χ4n) is 2.67. The van der Waals surface area contributed by atoms with Crippen LogP contribution in [0.3, 0.4) is 0 Å². The molecule has 3 nitrogen and oxygen atoms in total. The van der Waals surface area contributed by atoms with Gasteiger partial charge in [0.2, 0.25) is 0 Å². The van der Waals surface area contributed by atoms with Gasteiger partial charge in [-0.05, 0) is 30.4 Å². The molecule has 0 aliphatic heterocycles. The van der Waals surface area contributed by atoms with E-state index in [1.807, 2.05) is 12.1 Å². The van der Waals surface area contributed by atoms with Crippen LogP contribution in [-0.2, 0) is 0 Å². The number of nitrogens with one attached hydrogen (secondary N) is 1. The molecule has 1 aliphatic rings. The molecule has 1 aromatic heterocycles. The number of nitrogens with zero attached hydrogens (tertiary/aromatic N) is 2. The van der Waals surface area contributed by atoms with E-state index in [1.54, 1.807) is 6.20 Å². The number of hydrogen-bond acceptors (Lipinski definition) is 3. The van der Waals surface area contributed by atoms with Gasteiger partial charge in [-0.25, -0.2) is 4.98 Å². The van der Waals surface area contributed by atoms with Crippen molar-refractivity contribution in [2.75, 3.05) is 11.9 Å². The molecule has 1 N–H and O–H groups in total. The first-order chi connectivity index (χ1) is 8.79. The van der Waals surface area contributed by atoms with Crippen molar-refractivity contribution in [3.8, 4) is 6.07 Å². The molecule has 0 radical (unpaired) electrons. The van der Waals surface area contributed by atoms with E-state index in [4.69, 9.17) is 5.26 Å². The maximum atomic E-state index is 8.94. The molecule has 2 rings (SSSR count). The van der Waals surface area contributed by atoms with Crippen LogP contribution >= 0.6 is 0 Å². The Kier molecular flexibility index (Phi) is 4.58. The minimum Gasteiger partial charge on any atom is -0.383 e. The lowest BCUT2D eigenvalue weighted by molar-refractivity contribution is 0.282. The number of hydrogen-bond donors (Lipinski definition) is 1. The van der Waals surface area contributed by atoms with Crippen LogP contribution in [0.4, 0.5) is 5.69 Å². The molecule has 1 heterocycles. The Morgan fingerprint density at radius 3 is 2.89 bits per heavy atom. The van der Waals surface area contributed by atoms with Crippen molar-refractivity contribution in [1.82, 2.24) is 4.98 Å². The van der Waals surface area contributed by atoms with E-state index in [2.05, 4.69) is 23.3 Å². The lowest BCUT2D eigenvalue weighted by Crippen LogP contribution is -2.16. The topological polar surface area (TPSA) is 48.7 Å². The van der Waals surface area contributed by atoms with Crippen LogP contribution in [0.1, 0.15) is 44.7 Å². The smallest absolute Gasteiger partial charge is 0.163 e. The third kappa shape index (κ3) is 3.46. The molecule has 3 heteroatoms. The van der Waals surface area contributed by atoms with E-state index in [-0.39, 0.29) is 0 Å². The molecule has 0 spiro atoms. The van der Waals surface area contributed by atoms with E-state index in [0.717, 1.165) is 24.1 Å². The van der Waals surface area contributed by atoms with Gasteiger partial charge in [0.25, 0.3) is 0 Å². The SMILES string of the molecule is CC1CCC(CCNc2cccnc2C#N)CC1. The Bertz CT molecular complexity index is 414. The quantitative estimate of drug-likeness (QED) is 0.879. The molecular formula is C15H21N3. The van der Waals surface area contributed by atoms with Crippen molar-refractivity contribution in [1.29, 1.82) is 5.26 Å². The van der Waals surface area contributed by atoms with Crippen LogP contribution in [0, 0.1) is 23.2 Å². The first-order valence-corrected chi connectivity index (χ1v) is 6.88. The van der Waals surface area contributed by atoms with Gasteiger partial charge in [0.05, 0.1) is 5.69 Å². The van der Waals surface area contributed by atoms with E-state index >= 15 is 0 Å². The lowest BCUT2D eigenvalue weighted by atomic mass is 9.81. The van der Waals surface area contributed by atoms with Gasteiger partial charge in [-0.1, -0.05) is 32.6 Å². The van der Waals surface area contributed by atoms with E-state index in [0.29, 0.717) is 5.69 Å². The van der Waals surface area contributed by atoms with Crippen molar-refractivity contribution in [2.45, 2.75) is 39.0 Å². The molecule has 1 saturated carbocycles. The molecule has 1 aromatic rings. The maximum absolute atomic E-state index is 8.94. The zero-order valence-corrected chi connectivity index (χ0v) is 11.0. The summed E-state index contributed by atoms with van der Waals surface area (Å²) in [7, 11) is 0. The maximum Gasteiger partial charge on any atom is 0.163 e. The summed E-state index contributed by atoms with van der Waals surface area (Å²) in [6, 6.07) is 5.91. The summed E-state index contributed by atoms with van der Waals surface area (Å²) in [6.45, 7) is 3.29. The highest BCUT2D eigenvalue weighted by Gasteiger charge is 2.17. The molecule has 1 fully saturated rings. The molecule has 0 saturated heterocycles. The predicted octanol–water partition coefficient (Wildman–Crippen LogP) is 3.58. The number of aromatic nitrogens is 1. The molecule has 0 bridgehead atoms. The Morgan fingerprint density at radius 1 is 1.39 bits per heavy atom. The molecule has 0 unspecified atom stereocenters. The summed E-state index contributed by atoms with van der Waals surface area (Å²) >= 11 is 0. The van der Waals surface area contributed by atoms with E-state index < -0.39 is 0 Å². The largest absolute Gasteiger partial charge is 0.383 e. The molecule has 0 aromatic carbocycles. The first kappa shape index (κ1) is 12.9. The van der Waals surface area contributed by atoms with Gasteiger partial charge in [0.1, 0.15) is 6.07 Å². The molecule has 0 atom stereocenters. The van der Waals surface area contributed by atoms with Gasteiger partial charge < -0.3 is 5.32 Å². The molecular weight excluding hydrogens is 222 g/mol. The fourth-order valence-corrected chi connectivity index (χ4v) is 2.67. The van der Waals surface area contributed by atoms with Crippen molar-refractivity contribution < 1.29 is 0 Å². The highest BCUT2D eigenvalue weighted by Crippen LogP contribution is 2.30. The molecule has 18 heavy (non-hydrogen) atoms. The minimum absolute atomic E-state index is 0.495. The summed E-state index contributed by atoms with van der Waals surface area (Å²) < 4.78 is 0. The summed E-state index contributed by atoms with van der Waals surface area (Å²) in [4.78, 5) is 4.05. The number of anilines is 1. The van der Waals surface area contributed by atoms with Crippen molar-refractivity contribution in [3.05, 3.63) is 24.0 Å². The second kappa shape index (κ2) is 6.39. The zero-order chi connectivity index (χ0) is 12.8. The number of pyridine rings is 1. The van der Waals surface area contributed by atoms with Gasteiger partial charge in [0, 0.05) is 12.7 Å². The van der Waals surface area contributed by atoms with Crippen molar-refractivity contribution >= 4 is 5.69 Å². The van der Waals surface area contributed by atoms with Crippen molar-refractivity contribution in [2.24, 2.45) is 11.8 Å². The minimum atomic E-state index is 0.495. The molecule has 0 amide bonds. The van der Waals surface area contributed by atoms with Gasteiger partial charge in [-0.15, -0.1) is 0 Å². The second-order valence-corrected chi connectivity index (χ2v) is 5.35. The van der Waals surface area contributed by atoms with Crippen molar-refractivity contribution in [3.63, 3.8) is 0 Å². The normalized spacial score (nSPS) is 23.3. The Hall–Kier alpha value is -1.56. The van der Waals surface area contributed by atoms with E-state index in [1.165, 1.54) is 32.1 Å². The van der Waals surface area contributed by atoms with E-state index in [9.17, 15) is 0 Å². The third-order valence-electron chi connectivity index (χ3n) is 3.92. The molecule has 1 aliphatic carbocycles. The van der Waals surface area contributed by atoms with Crippen LogP contribution in [0.2, 0.25) is 0 Å². The highest BCUT2D eigenvalue weighted by molar-refractivity contribution is 5.53. The fraction of sp³-hybridized carbons (Fsp3) is 0.600. The Morgan fingerprint density at radius 2 is 2.17 bits per heavy atom. The number of nitriles is 1. The van der Waals surface area contributed by atoms with Crippen LogP contribution in [0.25, 0.3) is 0 Å². The predicted molar refractivity (Wildman–Crippen MR) is 73.2 cm³/mol. The highest BCUT2D eigenvalue weighted by atomic mass is 14.9. The standard InChI is InChI=1S/C15H21N3/c1-12-4-6-13(7-5-12)8-10-18-14-3-2-9-17-15(14)11-16/h2-3,9,12-13,18H,4-8,10H2,1H3. The van der Waals surface area contributed by atoms with Gasteiger partial charge >= 0.3 is 0 Å². The van der Waals surface area contributed by atoms with Crippen LogP contribution in [0.15, 0.2) is 18.3 Å². The second-order valence-electron chi connectivity index (χ2n) is 5.35. The molecule has 96 valence electrons. The summed E-state index contributed by atoms with van der Waals surface area (Å²) in [5, 5.41) is 12.3. The van der Waals surface area contributed by atoms with Gasteiger partial charge in [0.15, 0.2) is 5.69 Å². The Labute approximate surface area is 109 Å². The van der Waals surface area contributed by atoms with Gasteiger partial charge in [-0.3, -0.25) is 0 Å². The Balaban J connectivity index is 1.77. The first-order valence-electron chi connectivity index (χ1n) is 6.88. The van der Waals surface area contributed by atoms with Crippen LogP contribution in [-0.4, -0.2) is 11.5 Å². The average molecular weight is 243 g/mol. The lowest BCUT2D eigenvalue weighted by Gasteiger charge is -2.26. The summed E-state index contributed by atoms with van der Waals surface area (Å²) in [5.74, 6) is 1.77. The van der Waals surface area contributed by atoms with Gasteiger partial charge in [-0.2, -0.15) is 5.26 Å². The van der Waals surface area contributed by atoms with Crippen LogP contribution < -0.4 is 5.32 Å². The number of rotatable bonds is 4. The third-order valence-corrected chi connectivity index (χ3v) is 3.92. The zero-order valence-electron chi connectivity index (χ0n) is 11.0. The van der Waals surface area contributed by atoms with Crippen LogP contribution in [0.5, 0.6) is 0 Å². The monoisotopic (exact) mass is 243 g/mol. The summed E-state index contributed by atoms with van der Waals surface area (Å²) in [6.07, 6.45) is 8.34.